The Bertz CT molecular complexity index is 684. The van der Waals surface area contributed by atoms with Crippen molar-refractivity contribution in [2.45, 2.75) is 31.7 Å². The van der Waals surface area contributed by atoms with Crippen LogP contribution in [0.3, 0.4) is 0 Å². The molecule has 128 valence electrons. The van der Waals surface area contributed by atoms with Gasteiger partial charge in [0.25, 0.3) is 11.6 Å². The number of hydrogen-bond acceptors (Lipinski definition) is 5. The van der Waals surface area contributed by atoms with E-state index in [4.69, 9.17) is 0 Å². The highest BCUT2D eigenvalue weighted by Crippen LogP contribution is 2.31. The summed E-state index contributed by atoms with van der Waals surface area (Å²) in [7, 11) is 0. The summed E-state index contributed by atoms with van der Waals surface area (Å²) < 4.78 is 0. The third-order valence-corrected chi connectivity index (χ3v) is 4.67. The molecule has 2 aliphatic heterocycles. The van der Waals surface area contributed by atoms with Gasteiger partial charge in [-0.25, -0.2) is 4.79 Å². The normalized spacial score (nSPS) is 20.4. The molecule has 0 spiro atoms. The molecule has 0 bridgehead atoms. The second kappa shape index (κ2) is 6.46. The molecule has 24 heavy (non-hydrogen) atoms. The molecular weight excluding hydrogens is 314 g/mol. The first-order valence-electron chi connectivity index (χ1n) is 8.06. The second-order valence-electron chi connectivity index (χ2n) is 6.15. The van der Waals surface area contributed by atoms with E-state index in [-0.39, 0.29) is 17.2 Å². The molecule has 1 N–H and O–H groups in total. The van der Waals surface area contributed by atoms with E-state index in [2.05, 4.69) is 0 Å². The van der Waals surface area contributed by atoms with E-state index >= 15 is 0 Å². The van der Waals surface area contributed by atoms with Crippen LogP contribution in [0, 0.1) is 10.1 Å². The number of carboxylic acids is 1. The maximum absolute atomic E-state index is 12.6. The summed E-state index contributed by atoms with van der Waals surface area (Å²) in [5.74, 6) is -1.27. The number of amides is 1. The highest BCUT2D eigenvalue weighted by molar-refractivity contribution is 5.99. The summed E-state index contributed by atoms with van der Waals surface area (Å²) >= 11 is 0. The zero-order chi connectivity index (χ0) is 17.3. The van der Waals surface area contributed by atoms with Crippen molar-refractivity contribution in [3.05, 3.63) is 33.9 Å². The Morgan fingerprint density at radius 1 is 1.17 bits per heavy atom. The summed E-state index contributed by atoms with van der Waals surface area (Å²) in [4.78, 5) is 38.0. The molecular formula is C16H19N3O5. The number of carbonyl (C=O) groups excluding carboxylic acids is 1. The van der Waals surface area contributed by atoms with E-state index in [0.29, 0.717) is 31.7 Å². The van der Waals surface area contributed by atoms with Crippen LogP contribution in [-0.4, -0.2) is 52.5 Å². The molecule has 1 unspecified atom stereocenters. The van der Waals surface area contributed by atoms with Gasteiger partial charge >= 0.3 is 5.97 Å². The summed E-state index contributed by atoms with van der Waals surface area (Å²) in [5, 5.41) is 20.6. The van der Waals surface area contributed by atoms with Gasteiger partial charge in [-0.15, -0.1) is 0 Å². The lowest BCUT2D eigenvalue weighted by Crippen LogP contribution is -2.36. The summed E-state index contributed by atoms with van der Waals surface area (Å²) in [6.45, 7) is 1.76. The predicted molar refractivity (Wildman–Crippen MR) is 86.2 cm³/mol. The number of aliphatic carboxylic acids is 1. The predicted octanol–water partition coefficient (Wildman–Crippen LogP) is 1.88. The van der Waals surface area contributed by atoms with E-state index < -0.39 is 16.9 Å². The highest BCUT2D eigenvalue weighted by atomic mass is 16.6. The summed E-state index contributed by atoms with van der Waals surface area (Å²) in [6.07, 6.45) is 3.06. The monoisotopic (exact) mass is 333 g/mol. The zero-order valence-corrected chi connectivity index (χ0v) is 13.2. The van der Waals surface area contributed by atoms with Gasteiger partial charge in [0, 0.05) is 31.4 Å². The van der Waals surface area contributed by atoms with E-state index in [9.17, 15) is 24.8 Å². The van der Waals surface area contributed by atoms with E-state index in [0.717, 1.165) is 19.3 Å². The number of nitrogens with zero attached hydrogens (tertiary/aromatic N) is 3. The summed E-state index contributed by atoms with van der Waals surface area (Å²) in [6, 6.07) is 3.65. The smallest absolute Gasteiger partial charge is 0.326 e. The Labute approximate surface area is 138 Å². The molecule has 1 aromatic rings. The van der Waals surface area contributed by atoms with E-state index in [1.54, 1.807) is 9.80 Å². The van der Waals surface area contributed by atoms with Crippen molar-refractivity contribution in [3.63, 3.8) is 0 Å². The first-order valence-corrected chi connectivity index (χ1v) is 8.06. The van der Waals surface area contributed by atoms with Gasteiger partial charge in [-0.3, -0.25) is 14.9 Å². The average molecular weight is 333 g/mol. The number of likely N-dealkylation sites (tertiary alicyclic amines) is 1. The van der Waals surface area contributed by atoms with Crippen molar-refractivity contribution >= 4 is 23.3 Å². The van der Waals surface area contributed by atoms with Crippen molar-refractivity contribution in [1.82, 2.24) is 4.90 Å². The van der Waals surface area contributed by atoms with Crippen molar-refractivity contribution in [2.75, 3.05) is 24.5 Å². The third-order valence-electron chi connectivity index (χ3n) is 4.67. The molecule has 8 nitrogen and oxygen atoms in total. The molecule has 0 aliphatic carbocycles. The fourth-order valence-electron chi connectivity index (χ4n) is 3.46. The molecule has 0 radical (unpaired) electrons. The van der Waals surface area contributed by atoms with Crippen molar-refractivity contribution in [3.8, 4) is 0 Å². The third kappa shape index (κ3) is 2.91. The van der Waals surface area contributed by atoms with Crippen LogP contribution in [0.25, 0.3) is 0 Å². The lowest BCUT2D eigenvalue weighted by atomic mass is 10.1. The number of benzene rings is 1. The second-order valence-corrected chi connectivity index (χ2v) is 6.15. The van der Waals surface area contributed by atoms with E-state index in [1.165, 1.54) is 18.2 Å². The molecule has 2 fully saturated rings. The molecule has 2 aliphatic rings. The number of rotatable bonds is 4. The molecule has 3 rings (SSSR count). The van der Waals surface area contributed by atoms with Crippen LogP contribution >= 0.6 is 0 Å². The molecule has 2 saturated heterocycles. The molecule has 0 saturated carbocycles. The van der Waals surface area contributed by atoms with Crippen LogP contribution in [0.5, 0.6) is 0 Å². The molecule has 1 amide bonds. The van der Waals surface area contributed by atoms with Crippen LogP contribution in [0.2, 0.25) is 0 Å². The molecule has 1 aromatic carbocycles. The van der Waals surface area contributed by atoms with Crippen molar-refractivity contribution in [1.29, 1.82) is 0 Å². The molecule has 0 aromatic heterocycles. The van der Waals surface area contributed by atoms with Crippen LogP contribution in [0.15, 0.2) is 18.2 Å². The fourth-order valence-corrected chi connectivity index (χ4v) is 3.46. The Hall–Kier alpha value is -2.64. The largest absolute Gasteiger partial charge is 0.480 e. The van der Waals surface area contributed by atoms with Gasteiger partial charge in [-0.2, -0.15) is 0 Å². The standard InChI is InChI=1S/C16H19N3O5/c20-15(17-7-1-2-8-17)12-10-11(5-6-13(12)19(23)24)18-9-3-4-14(18)16(21)22/h5-6,10,14H,1-4,7-9H2,(H,21,22). The van der Waals surface area contributed by atoms with Crippen LogP contribution in [-0.2, 0) is 4.79 Å². The number of anilines is 1. The van der Waals surface area contributed by atoms with Crippen LogP contribution in [0.4, 0.5) is 11.4 Å². The van der Waals surface area contributed by atoms with Gasteiger partial charge in [-0.1, -0.05) is 0 Å². The highest BCUT2D eigenvalue weighted by Gasteiger charge is 2.33. The van der Waals surface area contributed by atoms with Gasteiger partial charge in [-0.05, 0) is 37.8 Å². The fraction of sp³-hybridized carbons (Fsp3) is 0.500. The minimum Gasteiger partial charge on any atom is -0.480 e. The SMILES string of the molecule is O=C(O)C1CCCN1c1ccc([N+](=O)[O-])c(C(=O)N2CCCC2)c1. The topological polar surface area (TPSA) is 104 Å². The molecule has 1 atom stereocenters. The number of nitro groups is 1. The quantitative estimate of drug-likeness (QED) is 0.666. The number of carboxylic acid groups (broad SMARTS) is 1. The number of hydrogen-bond donors (Lipinski definition) is 1. The number of carbonyl (C=O) groups is 2. The minimum atomic E-state index is -0.918. The zero-order valence-electron chi connectivity index (χ0n) is 13.2. The van der Waals surface area contributed by atoms with Gasteiger partial charge in [0.1, 0.15) is 11.6 Å². The van der Waals surface area contributed by atoms with E-state index in [1.807, 2.05) is 0 Å². The van der Waals surface area contributed by atoms with Gasteiger partial charge < -0.3 is 14.9 Å². The molecule has 2 heterocycles. The van der Waals surface area contributed by atoms with Crippen molar-refractivity contribution in [2.24, 2.45) is 0 Å². The lowest BCUT2D eigenvalue weighted by Gasteiger charge is -2.24. The van der Waals surface area contributed by atoms with Gasteiger partial charge in [0.2, 0.25) is 0 Å². The van der Waals surface area contributed by atoms with Gasteiger partial charge in [0.05, 0.1) is 4.92 Å². The lowest BCUT2D eigenvalue weighted by molar-refractivity contribution is -0.385. The van der Waals surface area contributed by atoms with Crippen LogP contribution in [0.1, 0.15) is 36.0 Å². The Balaban J connectivity index is 1.98. The Kier molecular flexibility index (Phi) is 4.37. The van der Waals surface area contributed by atoms with Crippen LogP contribution < -0.4 is 4.90 Å². The minimum absolute atomic E-state index is 0.0374. The first-order chi connectivity index (χ1) is 11.5. The number of nitro benzene ring substituents is 1. The Morgan fingerprint density at radius 3 is 2.50 bits per heavy atom. The molecule has 8 heteroatoms. The summed E-state index contributed by atoms with van der Waals surface area (Å²) in [5.41, 5.74) is 0.352. The van der Waals surface area contributed by atoms with Crippen molar-refractivity contribution < 1.29 is 19.6 Å². The maximum atomic E-state index is 12.6. The Morgan fingerprint density at radius 2 is 1.88 bits per heavy atom. The maximum Gasteiger partial charge on any atom is 0.326 e. The average Bonchev–Trinajstić information content (AvgIpc) is 3.24. The first kappa shape index (κ1) is 16.2. The van der Waals surface area contributed by atoms with Gasteiger partial charge in [0.15, 0.2) is 0 Å².